The maximum absolute atomic E-state index is 14.3. The molecule has 4 N–H and O–H groups in total. The Morgan fingerprint density at radius 1 is 1.33 bits per heavy atom. The number of rotatable bonds is 10. The first-order chi connectivity index (χ1) is 19.6. The van der Waals surface area contributed by atoms with E-state index >= 15 is 0 Å². The third kappa shape index (κ3) is 4.92. The van der Waals surface area contributed by atoms with E-state index in [1.165, 1.54) is 22.5 Å². The molecule has 194 valence electrons. The molecule has 10 nitrogen and oxygen atoms in total. The Morgan fingerprint density at radius 2 is 2.17 bits per heavy atom. The van der Waals surface area contributed by atoms with Crippen LogP contribution >= 0.6 is 11.8 Å². The van der Waals surface area contributed by atoms with Gasteiger partial charge in [-0.1, -0.05) is 36.0 Å². The summed E-state index contributed by atoms with van der Waals surface area (Å²) in [5.74, 6) is -0.241. The summed E-state index contributed by atoms with van der Waals surface area (Å²) in [6.45, 7) is -2.95. The standard InChI is InChI=1S/C24H31FN6O4S/c1-3-8-36-24-27-22(26-16-10-14(16)13-5-4-12(2)15(25)9-13)19-23(28-24)31(30-29-19)17-11-18(35-7-6-32)21(34)20(17)33/h4-5,9,14,16-18,20-21,32-34H,3,6-8,10-11H2,1-2H3,(H,26,27,28)/t14-,16+,17+,18-,20-,21+/m0/s1/i6D2,7D2,10D2. The third-order valence-electron chi connectivity index (χ3n) is 6.34. The van der Waals surface area contributed by atoms with E-state index in [1.807, 2.05) is 6.92 Å². The number of aryl methyl sites for hydroxylation is 1. The van der Waals surface area contributed by atoms with E-state index in [2.05, 4.69) is 25.6 Å². The first kappa shape index (κ1) is 18.8. The summed E-state index contributed by atoms with van der Waals surface area (Å²) in [5.41, 5.74) is 1.26. The van der Waals surface area contributed by atoms with Crippen molar-refractivity contribution < 1.29 is 32.7 Å². The Bertz CT molecular complexity index is 1480. The van der Waals surface area contributed by atoms with Crippen LogP contribution < -0.4 is 5.32 Å². The number of aliphatic hydroxyl groups excluding tert-OH is 2. The third-order valence-corrected chi connectivity index (χ3v) is 7.39. The molecule has 2 saturated carbocycles. The highest BCUT2D eigenvalue weighted by Gasteiger charge is 2.45. The quantitative estimate of drug-likeness (QED) is 0.231. The summed E-state index contributed by atoms with van der Waals surface area (Å²) in [6.07, 6.45) is -5.70. The zero-order chi connectivity index (χ0) is 30.8. The number of halogens is 1. The number of nitrogens with zero attached hydrogens (tertiary/aromatic N) is 5. The normalized spacial score (nSPS) is 32.3. The van der Waals surface area contributed by atoms with Gasteiger partial charge in [0.1, 0.15) is 18.0 Å². The molecular formula is C24H31FN6O4S. The lowest BCUT2D eigenvalue weighted by atomic mass is 10.1. The van der Waals surface area contributed by atoms with Gasteiger partial charge in [0, 0.05) is 26.9 Å². The maximum atomic E-state index is 14.3. The van der Waals surface area contributed by atoms with Crippen LogP contribution in [0.5, 0.6) is 0 Å². The second-order valence-electron chi connectivity index (χ2n) is 8.84. The van der Waals surface area contributed by atoms with E-state index in [-0.39, 0.29) is 23.4 Å². The van der Waals surface area contributed by atoms with Gasteiger partial charge in [0.2, 0.25) is 0 Å². The van der Waals surface area contributed by atoms with Gasteiger partial charge in [-0.2, -0.15) is 0 Å². The molecule has 12 heteroatoms. The topological polar surface area (TPSA) is 138 Å². The van der Waals surface area contributed by atoms with Crippen LogP contribution in [0.1, 0.15) is 57.4 Å². The molecule has 0 radical (unpaired) electrons. The lowest BCUT2D eigenvalue weighted by Crippen LogP contribution is -2.33. The fourth-order valence-corrected chi connectivity index (χ4v) is 5.02. The number of fused-ring (bicyclic) bond motifs is 1. The van der Waals surface area contributed by atoms with E-state index in [0.717, 1.165) is 6.42 Å². The molecule has 0 bridgehead atoms. The molecule has 36 heavy (non-hydrogen) atoms. The van der Waals surface area contributed by atoms with Gasteiger partial charge < -0.3 is 25.4 Å². The Labute approximate surface area is 220 Å². The van der Waals surface area contributed by atoms with Crippen LogP contribution in [0.25, 0.3) is 11.2 Å². The number of aromatic nitrogens is 5. The number of benzene rings is 1. The van der Waals surface area contributed by atoms with Gasteiger partial charge in [-0.3, -0.25) is 0 Å². The minimum Gasteiger partial charge on any atom is -0.394 e. The van der Waals surface area contributed by atoms with Gasteiger partial charge >= 0.3 is 0 Å². The number of anilines is 1. The van der Waals surface area contributed by atoms with Gasteiger partial charge in [-0.25, -0.2) is 19.0 Å². The van der Waals surface area contributed by atoms with Crippen molar-refractivity contribution in [2.75, 3.05) is 24.2 Å². The van der Waals surface area contributed by atoms with Crippen molar-refractivity contribution in [1.29, 1.82) is 0 Å². The van der Waals surface area contributed by atoms with Crippen molar-refractivity contribution in [1.82, 2.24) is 25.0 Å². The van der Waals surface area contributed by atoms with Crippen molar-refractivity contribution in [3.63, 3.8) is 0 Å². The van der Waals surface area contributed by atoms with Crippen molar-refractivity contribution in [3.05, 3.63) is 35.1 Å². The van der Waals surface area contributed by atoms with Crippen LogP contribution in [-0.2, 0) is 4.74 Å². The lowest BCUT2D eigenvalue weighted by Gasteiger charge is -2.17. The Hall–Kier alpha value is -2.38. The second kappa shape index (κ2) is 10.5. The monoisotopic (exact) mass is 524 g/mol. The predicted molar refractivity (Wildman–Crippen MR) is 133 cm³/mol. The number of nitrogens with one attached hydrogen (secondary N) is 1. The molecule has 2 fully saturated rings. The zero-order valence-electron chi connectivity index (χ0n) is 25.6. The molecular weight excluding hydrogens is 487 g/mol. The van der Waals surface area contributed by atoms with E-state index < -0.39 is 61.6 Å². The highest BCUT2D eigenvalue weighted by Crippen LogP contribution is 2.44. The highest BCUT2D eigenvalue weighted by molar-refractivity contribution is 7.99. The van der Waals surface area contributed by atoms with Gasteiger partial charge in [-0.15, -0.1) is 5.10 Å². The molecule has 2 aliphatic carbocycles. The molecule has 0 saturated heterocycles. The van der Waals surface area contributed by atoms with Crippen molar-refractivity contribution >= 4 is 28.7 Å². The van der Waals surface area contributed by atoms with Crippen LogP contribution in [0.15, 0.2) is 23.4 Å². The van der Waals surface area contributed by atoms with Gasteiger partial charge in [0.25, 0.3) is 0 Å². The van der Waals surface area contributed by atoms with Crippen LogP contribution in [0.4, 0.5) is 10.2 Å². The first-order valence-electron chi connectivity index (χ1n) is 14.6. The van der Waals surface area contributed by atoms with E-state index in [4.69, 9.17) is 13.0 Å². The molecule has 0 aliphatic heterocycles. The largest absolute Gasteiger partial charge is 0.394 e. The van der Waals surface area contributed by atoms with Gasteiger partial charge in [0.15, 0.2) is 22.1 Å². The minimum absolute atomic E-state index is 0.153. The van der Waals surface area contributed by atoms with Gasteiger partial charge in [0.05, 0.1) is 30.7 Å². The smallest absolute Gasteiger partial charge is 0.191 e. The summed E-state index contributed by atoms with van der Waals surface area (Å²) in [4.78, 5) is 9.07. The molecule has 1 aromatic carbocycles. The Balaban J connectivity index is 1.47. The SMILES string of the molecule is [2H]C1([2H])[C@@H](Nc2nc(SCCC)nc3c2nnn3[C@@H]2C[C@H](OC([2H])([2H])C([2H])([2H])O)[C@@H](O)[C@H]2O)[C@@H]1c1ccc(C)c(F)c1. The number of hydrogen-bond donors (Lipinski definition) is 4. The molecule has 2 aromatic heterocycles. The molecule has 0 amide bonds. The van der Waals surface area contributed by atoms with Crippen LogP contribution in [0.3, 0.4) is 0 Å². The van der Waals surface area contributed by atoms with Crippen LogP contribution in [-0.4, -0.2) is 83.5 Å². The van der Waals surface area contributed by atoms with E-state index in [1.54, 1.807) is 19.1 Å². The highest BCUT2D eigenvalue weighted by atomic mass is 32.2. The summed E-state index contributed by atoms with van der Waals surface area (Å²) in [6, 6.07) is 2.83. The minimum atomic E-state index is -3.37. The predicted octanol–water partition coefficient (Wildman–Crippen LogP) is 2.18. The molecule has 0 unspecified atom stereocenters. The van der Waals surface area contributed by atoms with E-state index in [9.17, 15) is 19.7 Å². The average molecular weight is 525 g/mol. The molecule has 6 atom stereocenters. The molecule has 2 heterocycles. The summed E-state index contributed by atoms with van der Waals surface area (Å²) in [7, 11) is 0. The van der Waals surface area contributed by atoms with Crippen LogP contribution in [0, 0.1) is 12.7 Å². The molecule has 2 aliphatic rings. The average Bonchev–Trinajstić information content (AvgIpc) is 3.15. The summed E-state index contributed by atoms with van der Waals surface area (Å²) >= 11 is 1.33. The second-order valence-corrected chi connectivity index (χ2v) is 9.90. The fourth-order valence-electron chi connectivity index (χ4n) is 4.32. The lowest BCUT2D eigenvalue weighted by molar-refractivity contribution is -0.0629. The Morgan fingerprint density at radius 3 is 2.92 bits per heavy atom. The fraction of sp³-hybridized carbons (Fsp3) is 0.583. The van der Waals surface area contributed by atoms with Crippen molar-refractivity contribution in [2.45, 2.75) is 74.5 Å². The summed E-state index contributed by atoms with van der Waals surface area (Å²) in [5, 5.41) is 42.6. The molecule has 0 spiro atoms. The number of ether oxygens (including phenoxy) is 1. The first-order valence-corrected chi connectivity index (χ1v) is 12.6. The van der Waals surface area contributed by atoms with Crippen LogP contribution in [0.2, 0.25) is 0 Å². The Kier molecular flexibility index (Phi) is 5.51. The molecule has 3 aromatic rings. The zero-order valence-corrected chi connectivity index (χ0v) is 20.4. The maximum Gasteiger partial charge on any atom is 0.191 e. The number of hydrogen-bond acceptors (Lipinski definition) is 10. The number of thioether (sulfide) groups is 1. The number of aliphatic hydroxyl groups is 3. The van der Waals surface area contributed by atoms with E-state index in [0.29, 0.717) is 22.0 Å². The van der Waals surface area contributed by atoms with Crippen molar-refractivity contribution in [2.24, 2.45) is 0 Å². The summed E-state index contributed by atoms with van der Waals surface area (Å²) < 4.78 is 67.5. The van der Waals surface area contributed by atoms with Gasteiger partial charge in [-0.05, 0) is 36.9 Å². The van der Waals surface area contributed by atoms with Crippen molar-refractivity contribution in [3.8, 4) is 0 Å². The molecule has 5 rings (SSSR count).